The number of carbonyl (C=O) groups is 1. The zero-order valence-electron chi connectivity index (χ0n) is 13.3. The summed E-state index contributed by atoms with van der Waals surface area (Å²) in [7, 11) is 0. The van der Waals surface area contributed by atoms with Crippen LogP contribution < -0.4 is 11.1 Å². The number of rotatable bonds is 3. The molecule has 3 nitrogen and oxygen atoms in total. The monoisotopic (exact) mass is 440 g/mol. The second-order valence-electron chi connectivity index (χ2n) is 6.09. The second-order valence-corrected chi connectivity index (χ2v) is 7.94. The van der Waals surface area contributed by atoms with Crippen molar-refractivity contribution in [2.45, 2.75) is 16.4 Å². The van der Waals surface area contributed by atoms with Gasteiger partial charge in [-0.15, -0.1) is 23.2 Å². The third-order valence-corrected chi connectivity index (χ3v) is 5.54. The third kappa shape index (κ3) is 3.81. The molecule has 0 spiro atoms. The van der Waals surface area contributed by atoms with E-state index in [4.69, 9.17) is 40.5 Å². The molecule has 2 atom stereocenters. The van der Waals surface area contributed by atoms with E-state index in [1.54, 1.807) is 0 Å². The molecule has 3 N–H and O–H groups in total. The van der Waals surface area contributed by atoms with Gasteiger partial charge in [-0.3, -0.25) is 4.79 Å². The highest BCUT2D eigenvalue weighted by atomic mass is 35.5. The van der Waals surface area contributed by atoms with Gasteiger partial charge in [0, 0.05) is 11.6 Å². The Labute approximate surface area is 166 Å². The first-order chi connectivity index (χ1) is 12.4. The molecule has 0 bridgehead atoms. The molecule has 1 fully saturated rings. The molecule has 2 aromatic rings. The summed E-state index contributed by atoms with van der Waals surface area (Å²) in [6, 6.07) is 6.81. The highest BCUT2D eigenvalue weighted by Crippen LogP contribution is 2.65. The van der Waals surface area contributed by atoms with Crippen LogP contribution in [0.1, 0.15) is 17.0 Å². The van der Waals surface area contributed by atoms with Crippen LogP contribution in [0.2, 0.25) is 5.02 Å². The Morgan fingerprint density at radius 3 is 2.41 bits per heavy atom. The Morgan fingerprint density at radius 2 is 1.81 bits per heavy atom. The molecule has 1 aliphatic rings. The van der Waals surface area contributed by atoms with Crippen LogP contribution in [-0.2, 0) is 11.0 Å². The molecule has 2 aromatic carbocycles. The van der Waals surface area contributed by atoms with Gasteiger partial charge in [0.05, 0.1) is 22.2 Å². The molecule has 27 heavy (non-hydrogen) atoms. The summed E-state index contributed by atoms with van der Waals surface area (Å²) in [4.78, 5) is 12.5. The normalized spacial score (nSPS) is 21.0. The van der Waals surface area contributed by atoms with Gasteiger partial charge in [0.1, 0.15) is 10.2 Å². The smallest absolute Gasteiger partial charge is 0.397 e. The van der Waals surface area contributed by atoms with Gasteiger partial charge in [-0.1, -0.05) is 17.7 Å². The first-order valence-electron chi connectivity index (χ1n) is 7.53. The predicted molar refractivity (Wildman–Crippen MR) is 96.6 cm³/mol. The Morgan fingerprint density at radius 1 is 1.15 bits per heavy atom. The lowest BCUT2D eigenvalue weighted by atomic mass is 10.0. The Balaban J connectivity index is 1.84. The minimum absolute atomic E-state index is 0.0181. The molecular weight excluding hydrogens is 431 g/mol. The molecule has 1 saturated carbocycles. The van der Waals surface area contributed by atoms with Crippen molar-refractivity contribution in [2.75, 3.05) is 11.1 Å². The summed E-state index contributed by atoms with van der Waals surface area (Å²) in [5.74, 6) is -3.97. The minimum Gasteiger partial charge on any atom is -0.397 e. The number of nitrogen functional groups attached to an aromatic ring is 1. The summed E-state index contributed by atoms with van der Waals surface area (Å²) < 4.78 is 50.6. The van der Waals surface area contributed by atoms with Crippen LogP contribution in [0.5, 0.6) is 0 Å². The second kappa shape index (κ2) is 6.72. The van der Waals surface area contributed by atoms with Crippen LogP contribution in [0.25, 0.3) is 0 Å². The van der Waals surface area contributed by atoms with Crippen LogP contribution in [0.4, 0.5) is 28.9 Å². The van der Waals surface area contributed by atoms with E-state index < -0.39 is 39.6 Å². The molecule has 3 rings (SSSR count). The summed E-state index contributed by atoms with van der Waals surface area (Å²) in [5.41, 5.74) is 4.79. The maximum atomic E-state index is 13.5. The van der Waals surface area contributed by atoms with Crippen LogP contribution in [0.15, 0.2) is 36.4 Å². The maximum Gasteiger partial charge on any atom is 0.419 e. The van der Waals surface area contributed by atoms with Crippen LogP contribution in [0, 0.1) is 11.7 Å². The fraction of sp³-hybridized carbons (Fsp3) is 0.235. The number of nitrogens with two attached hydrogens (primary N) is 1. The van der Waals surface area contributed by atoms with E-state index in [-0.39, 0.29) is 11.3 Å². The number of benzene rings is 2. The molecule has 0 saturated heterocycles. The average molecular weight is 442 g/mol. The van der Waals surface area contributed by atoms with E-state index in [2.05, 4.69) is 5.32 Å². The molecule has 0 heterocycles. The summed E-state index contributed by atoms with van der Waals surface area (Å²) in [6.45, 7) is 0. The van der Waals surface area contributed by atoms with Crippen molar-refractivity contribution >= 4 is 52.1 Å². The fourth-order valence-corrected chi connectivity index (χ4v) is 3.81. The van der Waals surface area contributed by atoms with E-state index in [0.29, 0.717) is 22.8 Å². The lowest BCUT2D eigenvalue weighted by molar-refractivity contribution is -0.140. The van der Waals surface area contributed by atoms with E-state index in [0.717, 1.165) is 6.07 Å². The van der Waals surface area contributed by atoms with Gasteiger partial charge in [0.15, 0.2) is 0 Å². The van der Waals surface area contributed by atoms with Crippen molar-refractivity contribution < 1.29 is 22.4 Å². The number of hydrogen-bond donors (Lipinski definition) is 2. The molecule has 2 unspecified atom stereocenters. The highest BCUT2D eigenvalue weighted by Gasteiger charge is 2.67. The van der Waals surface area contributed by atoms with Gasteiger partial charge in [-0.25, -0.2) is 4.39 Å². The average Bonchev–Trinajstić information content (AvgIpc) is 3.13. The van der Waals surface area contributed by atoms with Crippen molar-refractivity contribution in [3.05, 3.63) is 58.4 Å². The summed E-state index contributed by atoms with van der Waals surface area (Å²) >= 11 is 18.0. The highest BCUT2D eigenvalue weighted by molar-refractivity contribution is 6.53. The molecule has 10 heteroatoms. The van der Waals surface area contributed by atoms with Crippen molar-refractivity contribution in [2.24, 2.45) is 5.92 Å². The largest absolute Gasteiger partial charge is 0.419 e. The number of halogens is 7. The van der Waals surface area contributed by atoms with E-state index in [1.165, 1.54) is 18.2 Å². The van der Waals surface area contributed by atoms with Gasteiger partial charge in [-0.05, 0) is 35.9 Å². The van der Waals surface area contributed by atoms with E-state index in [1.807, 2.05) is 0 Å². The summed E-state index contributed by atoms with van der Waals surface area (Å²) in [6.07, 6.45) is -4.88. The number of alkyl halides is 5. The SMILES string of the molecule is Nc1cc(NC(=O)C2C(c3ccc(F)c(C(F)(F)F)c3)C2(Cl)Cl)ccc1Cl. The zero-order chi connectivity index (χ0) is 20.1. The van der Waals surface area contributed by atoms with Gasteiger partial charge < -0.3 is 11.1 Å². The molecule has 0 aromatic heterocycles. The zero-order valence-corrected chi connectivity index (χ0v) is 15.5. The summed E-state index contributed by atoms with van der Waals surface area (Å²) in [5, 5.41) is 2.84. The lowest BCUT2D eigenvalue weighted by Gasteiger charge is -2.10. The Hall–Kier alpha value is -1.70. The topological polar surface area (TPSA) is 55.1 Å². The van der Waals surface area contributed by atoms with Crippen molar-refractivity contribution in [3.8, 4) is 0 Å². The third-order valence-electron chi connectivity index (χ3n) is 4.25. The van der Waals surface area contributed by atoms with Gasteiger partial charge in [-0.2, -0.15) is 13.2 Å². The van der Waals surface area contributed by atoms with Crippen molar-refractivity contribution in [3.63, 3.8) is 0 Å². The first kappa shape index (κ1) is 20.0. The fourth-order valence-electron chi connectivity index (χ4n) is 2.86. The predicted octanol–water partition coefficient (Wildman–Crippen LogP) is 5.61. The number of amides is 1. The van der Waals surface area contributed by atoms with Gasteiger partial charge in [0.25, 0.3) is 0 Å². The molecule has 0 aliphatic heterocycles. The van der Waals surface area contributed by atoms with Crippen LogP contribution >= 0.6 is 34.8 Å². The lowest BCUT2D eigenvalue weighted by Crippen LogP contribution is -2.17. The van der Waals surface area contributed by atoms with Crippen LogP contribution in [0.3, 0.4) is 0 Å². The minimum atomic E-state index is -4.88. The first-order valence-corrected chi connectivity index (χ1v) is 8.66. The van der Waals surface area contributed by atoms with Gasteiger partial charge in [0.2, 0.25) is 5.91 Å². The molecule has 144 valence electrons. The number of hydrogen-bond acceptors (Lipinski definition) is 2. The van der Waals surface area contributed by atoms with E-state index >= 15 is 0 Å². The number of carbonyl (C=O) groups excluding carboxylic acids is 1. The molecule has 1 amide bonds. The number of nitrogens with one attached hydrogen (secondary N) is 1. The van der Waals surface area contributed by atoms with Crippen molar-refractivity contribution in [1.82, 2.24) is 0 Å². The maximum absolute atomic E-state index is 13.5. The standard InChI is InChI=1S/C17H11Cl3F4N2O/c18-10-3-2-8(6-12(10)25)26-15(27)14-13(16(14,19)20)7-1-4-11(21)9(5-7)17(22,23)24/h1-6,13-14H,25H2,(H,26,27). The van der Waals surface area contributed by atoms with Crippen LogP contribution in [-0.4, -0.2) is 10.2 Å². The van der Waals surface area contributed by atoms with Gasteiger partial charge >= 0.3 is 6.18 Å². The Kier molecular flexibility index (Phi) is 4.99. The molecule has 0 radical (unpaired) electrons. The Bertz CT molecular complexity index is 918. The number of anilines is 2. The quantitative estimate of drug-likeness (QED) is 0.370. The van der Waals surface area contributed by atoms with Crippen molar-refractivity contribution in [1.29, 1.82) is 0 Å². The van der Waals surface area contributed by atoms with E-state index in [9.17, 15) is 22.4 Å². The molecular formula is C17H11Cl3F4N2O. The molecule has 1 aliphatic carbocycles.